The van der Waals surface area contributed by atoms with Crippen LogP contribution in [0.15, 0.2) is 30.3 Å². The maximum atomic E-state index is 12.1. The molecule has 0 bridgehead atoms. The van der Waals surface area contributed by atoms with E-state index in [1.54, 1.807) is 6.92 Å². The lowest BCUT2D eigenvalue weighted by Crippen LogP contribution is -2.20. The van der Waals surface area contributed by atoms with Crippen LogP contribution in [0.5, 0.6) is 5.75 Å². The van der Waals surface area contributed by atoms with Crippen LogP contribution in [-0.2, 0) is 22.4 Å². The Bertz CT molecular complexity index is 777. The first-order chi connectivity index (χ1) is 13.6. The van der Waals surface area contributed by atoms with Gasteiger partial charge in [0.1, 0.15) is 11.5 Å². The number of ketones is 1. The number of hydrogen-bond donors (Lipinski definition) is 2. The number of aromatic amines is 1. The zero-order valence-corrected chi connectivity index (χ0v) is 16.5. The molecule has 150 valence electrons. The SMILES string of the molecule is CC(=O)CCc1ccc(OCC(=O)Nc2cc(CC3CCCCC3)[nH]n2)cc1. The summed E-state index contributed by atoms with van der Waals surface area (Å²) in [4.78, 5) is 23.1. The normalized spacial score (nSPS) is 14.6. The summed E-state index contributed by atoms with van der Waals surface area (Å²) in [7, 11) is 0. The molecule has 0 aliphatic heterocycles. The summed E-state index contributed by atoms with van der Waals surface area (Å²) in [5.41, 5.74) is 2.15. The van der Waals surface area contributed by atoms with Crippen LogP contribution >= 0.6 is 0 Å². The van der Waals surface area contributed by atoms with Gasteiger partial charge in [-0.2, -0.15) is 5.10 Å². The van der Waals surface area contributed by atoms with E-state index in [1.165, 1.54) is 32.1 Å². The number of hydrogen-bond acceptors (Lipinski definition) is 4. The smallest absolute Gasteiger partial charge is 0.263 e. The first kappa shape index (κ1) is 20.1. The van der Waals surface area contributed by atoms with Crippen LogP contribution in [0.4, 0.5) is 5.82 Å². The Hall–Kier alpha value is -2.63. The number of Topliss-reactive ketones (excluding diaryl/α,β-unsaturated/α-hetero) is 1. The molecule has 0 radical (unpaired) electrons. The van der Waals surface area contributed by atoms with Crippen molar-refractivity contribution in [2.24, 2.45) is 5.92 Å². The number of rotatable bonds is 9. The van der Waals surface area contributed by atoms with Crippen molar-refractivity contribution in [1.82, 2.24) is 10.2 Å². The van der Waals surface area contributed by atoms with Crippen LogP contribution in [0.25, 0.3) is 0 Å². The van der Waals surface area contributed by atoms with Crippen LogP contribution in [0, 0.1) is 5.92 Å². The first-order valence-electron chi connectivity index (χ1n) is 10.1. The van der Waals surface area contributed by atoms with Gasteiger partial charge < -0.3 is 14.8 Å². The standard InChI is InChI=1S/C22H29N3O3/c1-16(26)7-8-17-9-11-20(12-10-17)28-15-22(27)23-21-14-19(24-25-21)13-18-5-3-2-4-6-18/h9-12,14,18H,2-8,13,15H2,1H3,(H2,23,24,25,27). The summed E-state index contributed by atoms with van der Waals surface area (Å²) in [6.07, 6.45) is 8.80. The molecule has 1 aliphatic rings. The third-order valence-electron chi connectivity index (χ3n) is 5.19. The van der Waals surface area contributed by atoms with Gasteiger partial charge in [-0.05, 0) is 43.4 Å². The minimum atomic E-state index is -0.239. The fourth-order valence-corrected chi connectivity index (χ4v) is 3.63. The number of nitrogens with one attached hydrogen (secondary N) is 2. The average Bonchev–Trinajstić information content (AvgIpc) is 3.13. The van der Waals surface area contributed by atoms with Gasteiger partial charge in [-0.25, -0.2) is 0 Å². The Morgan fingerprint density at radius 3 is 2.64 bits per heavy atom. The highest BCUT2D eigenvalue weighted by molar-refractivity contribution is 5.90. The topological polar surface area (TPSA) is 84.1 Å². The summed E-state index contributed by atoms with van der Waals surface area (Å²) in [5.74, 6) is 1.83. The molecule has 3 rings (SSSR count). The zero-order valence-electron chi connectivity index (χ0n) is 16.5. The van der Waals surface area contributed by atoms with E-state index in [0.29, 0.717) is 18.0 Å². The summed E-state index contributed by atoms with van der Waals surface area (Å²) >= 11 is 0. The van der Waals surface area contributed by atoms with Gasteiger partial charge in [-0.15, -0.1) is 0 Å². The highest BCUT2D eigenvalue weighted by Gasteiger charge is 2.15. The molecule has 0 unspecified atom stereocenters. The van der Waals surface area contributed by atoms with Crippen molar-refractivity contribution in [3.05, 3.63) is 41.6 Å². The first-order valence-corrected chi connectivity index (χ1v) is 10.1. The highest BCUT2D eigenvalue weighted by Crippen LogP contribution is 2.26. The van der Waals surface area contributed by atoms with E-state index in [-0.39, 0.29) is 18.3 Å². The van der Waals surface area contributed by atoms with E-state index in [0.717, 1.165) is 30.0 Å². The van der Waals surface area contributed by atoms with Gasteiger partial charge >= 0.3 is 0 Å². The predicted molar refractivity (Wildman–Crippen MR) is 108 cm³/mol. The molecule has 1 saturated carbocycles. The Kier molecular flexibility index (Phi) is 7.23. The molecule has 28 heavy (non-hydrogen) atoms. The van der Waals surface area contributed by atoms with E-state index in [2.05, 4.69) is 15.5 Å². The highest BCUT2D eigenvalue weighted by atomic mass is 16.5. The van der Waals surface area contributed by atoms with Gasteiger partial charge in [0.2, 0.25) is 0 Å². The quantitative estimate of drug-likeness (QED) is 0.684. The lowest BCUT2D eigenvalue weighted by molar-refractivity contribution is -0.118. The second-order valence-electron chi connectivity index (χ2n) is 7.67. The van der Waals surface area contributed by atoms with Crippen molar-refractivity contribution in [3.8, 4) is 5.75 Å². The lowest BCUT2D eigenvalue weighted by atomic mass is 9.86. The minimum absolute atomic E-state index is 0.0718. The predicted octanol–water partition coefficient (Wildman–Crippen LogP) is 4.07. The van der Waals surface area contributed by atoms with Gasteiger partial charge in [0.25, 0.3) is 5.91 Å². The Morgan fingerprint density at radius 1 is 1.18 bits per heavy atom. The van der Waals surface area contributed by atoms with E-state index in [9.17, 15) is 9.59 Å². The Labute approximate surface area is 166 Å². The number of benzene rings is 1. The van der Waals surface area contributed by atoms with E-state index >= 15 is 0 Å². The van der Waals surface area contributed by atoms with Crippen LogP contribution in [0.1, 0.15) is 56.7 Å². The number of amides is 1. The number of nitrogens with zero attached hydrogens (tertiary/aromatic N) is 1. The van der Waals surface area contributed by atoms with Crippen molar-refractivity contribution in [2.75, 3.05) is 11.9 Å². The van der Waals surface area contributed by atoms with Crippen LogP contribution < -0.4 is 10.1 Å². The molecular formula is C22H29N3O3. The molecular weight excluding hydrogens is 354 g/mol. The summed E-state index contributed by atoms with van der Waals surface area (Å²) < 4.78 is 5.53. The number of ether oxygens (including phenoxy) is 1. The number of carbonyl (C=O) groups excluding carboxylic acids is 2. The van der Waals surface area contributed by atoms with Crippen molar-refractivity contribution in [3.63, 3.8) is 0 Å². The summed E-state index contributed by atoms with van der Waals surface area (Å²) in [5, 5.41) is 9.98. The lowest BCUT2D eigenvalue weighted by Gasteiger charge is -2.20. The average molecular weight is 383 g/mol. The monoisotopic (exact) mass is 383 g/mol. The second-order valence-corrected chi connectivity index (χ2v) is 7.67. The number of aryl methyl sites for hydroxylation is 1. The largest absolute Gasteiger partial charge is 0.484 e. The van der Waals surface area contributed by atoms with Crippen molar-refractivity contribution >= 4 is 17.5 Å². The molecule has 2 N–H and O–H groups in total. The van der Waals surface area contributed by atoms with Crippen molar-refractivity contribution < 1.29 is 14.3 Å². The van der Waals surface area contributed by atoms with Gasteiger partial charge in [-0.3, -0.25) is 9.89 Å². The van der Waals surface area contributed by atoms with E-state index < -0.39 is 0 Å². The Morgan fingerprint density at radius 2 is 1.93 bits per heavy atom. The van der Waals surface area contributed by atoms with Gasteiger partial charge in [0.15, 0.2) is 12.4 Å². The maximum absolute atomic E-state index is 12.1. The van der Waals surface area contributed by atoms with Gasteiger partial charge in [0, 0.05) is 18.2 Å². The third kappa shape index (κ3) is 6.51. The third-order valence-corrected chi connectivity index (χ3v) is 5.19. The molecule has 1 aromatic carbocycles. The van der Waals surface area contributed by atoms with Crippen LogP contribution in [0.2, 0.25) is 0 Å². The maximum Gasteiger partial charge on any atom is 0.263 e. The molecule has 2 aromatic rings. The summed E-state index contributed by atoms with van der Waals surface area (Å²) in [6, 6.07) is 9.39. The molecule has 0 atom stereocenters. The molecule has 1 amide bonds. The fraction of sp³-hybridized carbons (Fsp3) is 0.500. The van der Waals surface area contributed by atoms with Crippen molar-refractivity contribution in [2.45, 2.75) is 58.3 Å². The molecule has 1 aliphatic carbocycles. The zero-order chi connectivity index (χ0) is 19.8. The number of anilines is 1. The number of aromatic nitrogens is 2. The van der Waals surface area contributed by atoms with E-state index in [4.69, 9.17) is 4.74 Å². The molecule has 1 aromatic heterocycles. The second kappa shape index (κ2) is 10.1. The molecule has 1 fully saturated rings. The minimum Gasteiger partial charge on any atom is -0.484 e. The van der Waals surface area contributed by atoms with Crippen LogP contribution in [-0.4, -0.2) is 28.5 Å². The molecule has 0 saturated heterocycles. The van der Waals surface area contributed by atoms with Crippen LogP contribution in [0.3, 0.4) is 0 Å². The summed E-state index contributed by atoms with van der Waals surface area (Å²) in [6.45, 7) is 1.52. The number of carbonyl (C=O) groups is 2. The Balaban J connectivity index is 1.41. The molecule has 6 heteroatoms. The molecule has 0 spiro atoms. The number of H-pyrrole nitrogens is 1. The fourth-order valence-electron chi connectivity index (χ4n) is 3.63. The molecule has 6 nitrogen and oxygen atoms in total. The van der Waals surface area contributed by atoms with Gasteiger partial charge in [-0.1, -0.05) is 44.2 Å². The van der Waals surface area contributed by atoms with Crippen molar-refractivity contribution in [1.29, 1.82) is 0 Å². The molecule has 1 heterocycles. The van der Waals surface area contributed by atoms with E-state index in [1.807, 2.05) is 30.3 Å². The van der Waals surface area contributed by atoms with Gasteiger partial charge in [0.05, 0.1) is 0 Å².